The molecular formula is C34H29ClFN3O6. The van der Waals surface area contributed by atoms with Crippen molar-refractivity contribution in [1.82, 2.24) is 10.3 Å². The van der Waals surface area contributed by atoms with Crippen molar-refractivity contribution >= 4 is 40.9 Å². The number of para-hydroxylation sites is 1. The van der Waals surface area contributed by atoms with E-state index in [2.05, 4.69) is 10.7 Å². The number of carbonyl (C=O) groups is 4. The summed E-state index contributed by atoms with van der Waals surface area (Å²) in [6.45, 7) is -0.246. The maximum Gasteiger partial charge on any atom is 0.260 e. The average molecular weight is 630 g/mol. The molecule has 2 heterocycles. The van der Waals surface area contributed by atoms with Crippen LogP contribution in [0.4, 0.5) is 10.1 Å². The van der Waals surface area contributed by atoms with Crippen LogP contribution in [0, 0.1) is 29.5 Å². The van der Waals surface area contributed by atoms with Crippen molar-refractivity contribution in [1.29, 1.82) is 0 Å². The van der Waals surface area contributed by atoms with E-state index in [9.17, 15) is 23.9 Å². The number of fused-ring (bicyclic) bond motifs is 4. The van der Waals surface area contributed by atoms with Crippen molar-refractivity contribution in [3.8, 4) is 5.75 Å². The van der Waals surface area contributed by atoms with Gasteiger partial charge in [0.2, 0.25) is 11.8 Å². The van der Waals surface area contributed by atoms with E-state index >= 15 is 4.79 Å². The van der Waals surface area contributed by atoms with Gasteiger partial charge in [-0.15, -0.1) is 0 Å². The lowest BCUT2D eigenvalue weighted by atomic mass is 9.49. The second-order valence-electron chi connectivity index (χ2n) is 11.8. The fourth-order valence-corrected chi connectivity index (χ4v) is 8.04. The second kappa shape index (κ2) is 11.1. The first-order chi connectivity index (χ1) is 21.7. The molecule has 230 valence electrons. The summed E-state index contributed by atoms with van der Waals surface area (Å²) in [5.41, 5.74) is 3.67. The summed E-state index contributed by atoms with van der Waals surface area (Å²) >= 11 is 6.31. The third-order valence-electron chi connectivity index (χ3n) is 9.68. The Balaban J connectivity index is 1.48. The van der Waals surface area contributed by atoms with E-state index in [1.54, 1.807) is 36.4 Å². The molecule has 3 aromatic rings. The Hall–Kier alpha value is -4.54. The van der Waals surface area contributed by atoms with E-state index in [4.69, 9.17) is 16.3 Å². The summed E-state index contributed by atoms with van der Waals surface area (Å²) in [6.07, 6.45) is 2.38. The molecule has 45 heavy (non-hydrogen) atoms. The van der Waals surface area contributed by atoms with Crippen LogP contribution in [-0.4, -0.2) is 47.0 Å². The predicted molar refractivity (Wildman–Crippen MR) is 161 cm³/mol. The van der Waals surface area contributed by atoms with Gasteiger partial charge in [-0.3, -0.25) is 29.9 Å². The molecule has 4 aliphatic rings. The minimum Gasteiger partial charge on any atom is -0.491 e. The third kappa shape index (κ3) is 4.46. The molecule has 6 atom stereocenters. The number of benzene rings is 3. The highest BCUT2D eigenvalue weighted by Gasteiger charge is 2.70. The number of hydrogen-bond acceptors (Lipinski definition) is 7. The number of amides is 4. The Labute approximate surface area is 263 Å². The van der Waals surface area contributed by atoms with Gasteiger partial charge >= 0.3 is 0 Å². The highest BCUT2D eigenvalue weighted by molar-refractivity contribution is 6.30. The zero-order chi connectivity index (χ0) is 31.5. The van der Waals surface area contributed by atoms with Crippen LogP contribution in [0.25, 0.3) is 0 Å². The molecular weight excluding hydrogens is 601 g/mol. The monoisotopic (exact) mass is 629 g/mol. The van der Waals surface area contributed by atoms with Crippen molar-refractivity contribution in [3.05, 3.63) is 106 Å². The lowest BCUT2D eigenvalue weighted by Gasteiger charge is -2.50. The molecule has 9 nitrogen and oxygen atoms in total. The van der Waals surface area contributed by atoms with E-state index in [1.165, 1.54) is 24.3 Å². The van der Waals surface area contributed by atoms with Crippen LogP contribution in [0.15, 0.2) is 84.4 Å². The predicted octanol–water partition coefficient (Wildman–Crippen LogP) is 4.12. The van der Waals surface area contributed by atoms with Crippen LogP contribution >= 0.6 is 11.6 Å². The van der Waals surface area contributed by atoms with Gasteiger partial charge in [0.25, 0.3) is 11.8 Å². The summed E-state index contributed by atoms with van der Waals surface area (Å²) < 4.78 is 19.7. The Kier molecular flexibility index (Phi) is 7.21. The average Bonchev–Trinajstić information content (AvgIpc) is 3.45. The van der Waals surface area contributed by atoms with E-state index in [1.807, 2.05) is 18.2 Å². The van der Waals surface area contributed by atoms with E-state index in [0.29, 0.717) is 34.0 Å². The molecule has 3 N–H and O–H groups in total. The number of aliphatic hydroxyl groups excluding tert-OH is 1. The van der Waals surface area contributed by atoms with E-state index < -0.39 is 52.6 Å². The minimum atomic E-state index is -1.51. The molecule has 0 spiro atoms. The van der Waals surface area contributed by atoms with E-state index in [-0.39, 0.29) is 31.4 Å². The third-order valence-corrected chi connectivity index (χ3v) is 9.93. The SMILES string of the molecule is O=C1NC(=O)[C@H]2CC=C3[C@@H](C[C@H]4C(=O)N(Nc5ccc(F)cc5)C(=O)[C@@]4(c4ccc(Cl)cc4)[C@H]3c3ccccc3OCCO)[C@@H]12. The number of hydrazine groups is 1. The number of imide groups is 2. The number of halogens is 2. The molecule has 0 unspecified atom stereocenters. The van der Waals surface area contributed by atoms with Gasteiger partial charge in [-0.25, -0.2) is 4.39 Å². The molecule has 3 fully saturated rings. The standard InChI is InChI=1S/C34H29ClFN3O6/c35-19-7-5-18(6-8-19)34-26(32(43)39(33(34)44)38-21-11-9-20(36)10-12-21)17-25-22(13-14-24-28(25)31(42)37-30(24)41)29(34)23-3-1-2-4-27(23)45-16-15-40/h1-13,24-26,28-29,38,40H,14-17H2,(H,37,41,42)/t24-,25+,26-,28-,29+,34+/m0/s1. The van der Waals surface area contributed by atoms with Gasteiger partial charge in [-0.1, -0.05) is 53.6 Å². The maximum atomic E-state index is 15.1. The summed E-state index contributed by atoms with van der Waals surface area (Å²) in [6, 6.07) is 19.3. The first-order valence-corrected chi connectivity index (χ1v) is 15.2. The van der Waals surface area contributed by atoms with Crippen molar-refractivity contribution in [2.45, 2.75) is 24.2 Å². The number of anilines is 1. The lowest BCUT2D eigenvalue weighted by molar-refractivity contribution is -0.138. The fraction of sp³-hybridized carbons (Fsp3) is 0.294. The number of nitrogens with one attached hydrogen (secondary N) is 2. The van der Waals surface area contributed by atoms with Crippen molar-refractivity contribution in [2.24, 2.45) is 23.7 Å². The number of carbonyl (C=O) groups excluding carboxylic acids is 4. The Morgan fingerprint density at radius 2 is 1.71 bits per heavy atom. The Bertz CT molecular complexity index is 1750. The van der Waals surface area contributed by atoms with Crippen LogP contribution in [0.3, 0.4) is 0 Å². The van der Waals surface area contributed by atoms with Crippen LogP contribution in [0.1, 0.15) is 29.9 Å². The second-order valence-corrected chi connectivity index (χ2v) is 12.3. The van der Waals surface area contributed by atoms with Crippen LogP contribution in [-0.2, 0) is 24.6 Å². The molecule has 2 saturated heterocycles. The van der Waals surface area contributed by atoms with E-state index in [0.717, 1.165) is 10.6 Å². The highest BCUT2D eigenvalue weighted by atomic mass is 35.5. The molecule has 4 amide bonds. The molecule has 0 aromatic heterocycles. The number of hydrogen-bond donors (Lipinski definition) is 3. The quantitative estimate of drug-likeness (QED) is 0.265. The van der Waals surface area contributed by atoms with Crippen molar-refractivity contribution in [3.63, 3.8) is 0 Å². The first-order valence-electron chi connectivity index (χ1n) is 14.8. The zero-order valence-electron chi connectivity index (χ0n) is 23.9. The summed E-state index contributed by atoms with van der Waals surface area (Å²) in [5, 5.41) is 13.5. The lowest BCUT2D eigenvalue weighted by Crippen LogP contribution is -2.53. The minimum absolute atomic E-state index is 0.00366. The van der Waals surface area contributed by atoms with Gasteiger partial charge < -0.3 is 9.84 Å². The number of rotatable bonds is 7. The molecule has 0 radical (unpaired) electrons. The summed E-state index contributed by atoms with van der Waals surface area (Å²) in [7, 11) is 0. The number of nitrogens with zero attached hydrogens (tertiary/aromatic N) is 1. The van der Waals surface area contributed by atoms with Gasteiger partial charge in [0, 0.05) is 16.5 Å². The molecule has 3 aromatic carbocycles. The van der Waals surface area contributed by atoms with Crippen molar-refractivity contribution < 1.29 is 33.4 Å². The normalized spacial score (nSPS) is 28.6. The van der Waals surface area contributed by atoms with Gasteiger partial charge in [0.1, 0.15) is 18.2 Å². The molecule has 2 aliphatic heterocycles. The first kappa shape index (κ1) is 29.2. The van der Waals surface area contributed by atoms with Crippen LogP contribution in [0.5, 0.6) is 5.75 Å². The molecule has 1 saturated carbocycles. The topological polar surface area (TPSA) is 125 Å². The Morgan fingerprint density at radius 1 is 0.978 bits per heavy atom. The summed E-state index contributed by atoms with van der Waals surface area (Å²) in [5.74, 6) is -5.36. The van der Waals surface area contributed by atoms with Gasteiger partial charge in [0.05, 0.1) is 35.5 Å². The number of aliphatic hydroxyl groups is 1. The molecule has 2 aliphatic carbocycles. The van der Waals surface area contributed by atoms with Gasteiger partial charge in [-0.2, -0.15) is 5.01 Å². The highest BCUT2D eigenvalue weighted by Crippen LogP contribution is 2.64. The fourth-order valence-electron chi connectivity index (χ4n) is 7.92. The smallest absolute Gasteiger partial charge is 0.260 e. The van der Waals surface area contributed by atoms with Gasteiger partial charge in [-0.05, 0) is 66.8 Å². The number of ether oxygens (including phenoxy) is 1. The maximum absolute atomic E-state index is 15.1. The van der Waals surface area contributed by atoms with Gasteiger partial charge in [0.15, 0.2) is 0 Å². The zero-order valence-corrected chi connectivity index (χ0v) is 24.7. The van der Waals surface area contributed by atoms with Crippen LogP contribution < -0.4 is 15.5 Å². The van der Waals surface area contributed by atoms with Crippen molar-refractivity contribution in [2.75, 3.05) is 18.6 Å². The molecule has 0 bridgehead atoms. The van der Waals surface area contributed by atoms with Crippen LogP contribution in [0.2, 0.25) is 5.02 Å². The number of allylic oxidation sites excluding steroid dienone is 2. The largest absolute Gasteiger partial charge is 0.491 e. The molecule has 11 heteroatoms. The summed E-state index contributed by atoms with van der Waals surface area (Å²) in [4.78, 5) is 55.6. The molecule has 7 rings (SSSR count). The Morgan fingerprint density at radius 3 is 2.44 bits per heavy atom.